The number of nitrogens with zero attached hydrogens (tertiary/aromatic N) is 4. The largest absolute Gasteiger partial charge is 0.382 e. The molecule has 0 aliphatic heterocycles. The van der Waals surface area contributed by atoms with Crippen LogP contribution in [0, 0.1) is 0 Å². The third-order valence-corrected chi connectivity index (χ3v) is 6.36. The van der Waals surface area contributed by atoms with Crippen molar-refractivity contribution in [3.05, 3.63) is 12.7 Å². The molecule has 17 heavy (non-hydrogen) atoms. The maximum absolute atomic E-state index is 5.80. The van der Waals surface area contributed by atoms with Crippen molar-refractivity contribution in [1.82, 2.24) is 19.2 Å². The molecule has 0 aromatic carbocycles. The van der Waals surface area contributed by atoms with Crippen molar-refractivity contribution in [2.24, 2.45) is 0 Å². The number of imidazole rings is 1. The van der Waals surface area contributed by atoms with E-state index in [2.05, 4.69) is 39.2 Å². The van der Waals surface area contributed by atoms with Crippen LogP contribution in [0.4, 0.5) is 5.82 Å². The molecule has 0 spiro atoms. The van der Waals surface area contributed by atoms with Gasteiger partial charge in [-0.05, 0) is 6.04 Å². The highest BCUT2D eigenvalue weighted by molar-refractivity contribution is 6.76. The first-order valence-electron chi connectivity index (χ1n) is 6.00. The molecular weight excluding hydrogens is 230 g/mol. The summed E-state index contributed by atoms with van der Waals surface area (Å²) >= 11 is 0. The molecule has 2 heterocycles. The van der Waals surface area contributed by atoms with Crippen molar-refractivity contribution in [2.45, 2.75) is 38.9 Å². The number of rotatable bonds is 4. The SMILES string of the molecule is CCCC[Si](C)(C)n1cnc2c(N)ncnc21. The Balaban J connectivity index is 2.45. The smallest absolute Gasteiger partial charge is 0.159 e. The van der Waals surface area contributed by atoms with Gasteiger partial charge >= 0.3 is 0 Å². The van der Waals surface area contributed by atoms with E-state index in [1.54, 1.807) is 0 Å². The minimum absolute atomic E-state index is 0.467. The summed E-state index contributed by atoms with van der Waals surface area (Å²) in [5.74, 6) is 0.467. The monoisotopic (exact) mass is 249 g/mol. The maximum Gasteiger partial charge on any atom is 0.159 e. The summed E-state index contributed by atoms with van der Waals surface area (Å²) in [6, 6.07) is 1.23. The van der Waals surface area contributed by atoms with Crippen molar-refractivity contribution in [3.8, 4) is 0 Å². The summed E-state index contributed by atoms with van der Waals surface area (Å²) in [7, 11) is -1.53. The minimum atomic E-state index is -1.53. The molecule has 0 amide bonds. The number of anilines is 1. The third-order valence-electron chi connectivity index (χ3n) is 3.16. The molecular formula is C11H19N5Si. The Morgan fingerprint density at radius 2 is 2.06 bits per heavy atom. The van der Waals surface area contributed by atoms with E-state index in [0.717, 1.165) is 11.2 Å². The molecule has 2 aromatic rings. The van der Waals surface area contributed by atoms with Gasteiger partial charge in [-0.15, -0.1) is 0 Å². The van der Waals surface area contributed by atoms with Crippen LogP contribution < -0.4 is 5.73 Å². The van der Waals surface area contributed by atoms with E-state index in [0.29, 0.717) is 5.82 Å². The predicted molar refractivity (Wildman–Crippen MR) is 72.3 cm³/mol. The number of nitrogens with two attached hydrogens (primary N) is 1. The molecule has 0 atom stereocenters. The zero-order chi connectivity index (χ0) is 12.5. The van der Waals surface area contributed by atoms with Crippen LogP contribution in [-0.4, -0.2) is 27.4 Å². The van der Waals surface area contributed by atoms with Gasteiger partial charge in [0.2, 0.25) is 0 Å². The zero-order valence-electron chi connectivity index (χ0n) is 10.6. The van der Waals surface area contributed by atoms with Crippen molar-refractivity contribution in [1.29, 1.82) is 0 Å². The van der Waals surface area contributed by atoms with Crippen molar-refractivity contribution < 1.29 is 0 Å². The van der Waals surface area contributed by atoms with Gasteiger partial charge in [0.1, 0.15) is 11.8 Å². The van der Waals surface area contributed by atoms with E-state index in [4.69, 9.17) is 5.73 Å². The topological polar surface area (TPSA) is 69.6 Å². The Labute approximate surface area is 102 Å². The Bertz CT molecular complexity index is 520. The Kier molecular flexibility index (Phi) is 3.15. The fraction of sp³-hybridized carbons (Fsp3) is 0.545. The van der Waals surface area contributed by atoms with Gasteiger partial charge in [0, 0.05) is 0 Å². The lowest BCUT2D eigenvalue weighted by Gasteiger charge is -2.23. The fourth-order valence-electron chi connectivity index (χ4n) is 2.03. The lowest BCUT2D eigenvalue weighted by Crippen LogP contribution is -2.35. The summed E-state index contributed by atoms with van der Waals surface area (Å²) in [5, 5.41) is 0. The van der Waals surface area contributed by atoms with Crippen molar-refractivity contribution in [3.63, 3.8) is 0 Å². The highest BCUT2D eigenvalue weighted by Gasteiger charge is 2.25. The first-order chi connectivity index (χ1) is 8.06. The molecule has 0 saturated heterocycles. The van der Waals surface area contributed by atoms with Gasteiger partial charge in [-0.25, -0.2) is 15.0 Å². The predicted octanol–water partition coefficient (Wildman–Crippen LogP) is 2.26. The Hall–Kier alpha value is -1.43. The van der Waals surface area contributed by atoms with Crippen molar-refractivity contribution >= 4 is 25.2 Å². The van der Waals surface area contributed by atoms with Gasteiger partial charge in [0.15, 0.2) is 19.7 Å². The summed E-state index contributed by atoms with van der Waals surface area (Å²) in [6.07, 6.45) is 5.86. The fourth-order valence-corrected chi connectivity index (χ4v) is 4.59. The molecule has 0 aliphatic carbocycles. The number of fused-ring (bicyclic) bond motifs is 1. The van der Waals surface area contributed by atoms with Gasteiger partial charge in [-0.1, -0.05) is 32.9 Å². The van der Waals surface area contributed by atoms with Gasteiger partial charge < -0.3 is 9.97 Å². The van der Waals surface area contributed by atoms with E-state index < -0.39 is 8.24 Å². The summed E-state index contributed by atoms with van der Waals surface area (Å²) in [5.41, 5.74) is 7.41. The molecule has 0 saturated carbocycles. The second-order valence-corrected chi connectivity index (χ2v) is 9.57. The molecule has 2 rings (SSSR count). The quantitative estimate of drug-likeness (QED) is 0.844. The average molecular weight is 249 g/mol. The zero-order valence-corrected chi connectivity index (χ0v) is 11.6. The van der Waals surface area contributed by atoms with Gasteiger partial charge in [-0.3, -0.25) is 0 Å². The molecule has 2 N–H and O–H groups in total. The van der Waals surface area contributed by atoms with Crippen LogP contribution in [0.1, 0.15) is 19.8 Å². The molecule has 2 aromatic heterocycles. The van der Waals surface area contributed by atoms with Crippen LogP contribution in [0.5, 0.6) is 0 Å². The number of unbranched alkanes of at least 4 members (excludes halogenated alkanes) is 1. The van der Waals surface area contributed by atoms with Crippen LogP contribution in [0.25, 0.3) is 11.2 Å². The molecule has 0 radical (unpaired) electrons. The summed E-state index contributed by atoms with van der Waals surface area (Å²) < 4.78 is 2.23. The van der Waals surface area contributed by atoms with Crippen LogP contribution in [0.2, 0.25) is 19.1 Å². The van der Waals surface area contributed by atoms with Crippen LogP contribution in [0.3, 0.4) is 0 Å². The molecule has 0 fully saturated rings. The van der Waals surface area contributed by atoms with Crippen LogP contribution in [-0.2, 0) is 0 Å². The van der Waals surface area contributed by atoms with Gasteiger partial charge in [0.05, 0.1) is 6.33 Å². The lowest BCUT2D eigenvalue weighted by atomic mass is 10.4. The highest BCUT2D eigenvalue weighted by atomic mass is 28.3. The molecule has 5 nitrogen and oxygen atoms in total. The summed E-state index contributed by atoms with van der Waals surface area (Å²) in [4.78, 5) is 12.6. The standard InChI is InChI=1S/C11H19N5Si/c1-4-5-6-17(2,3)16-8-15-9-10(12)13-7-14-11(9)16/h7-8H,4-6H2,1-3H3,(H2,12,13,14). The number of hydrogen-bond acceptors (Lipinski definition) is 4. The molecule has 0 bridgehead atoms. The van der Waals surface area contributed by atoms with E-state index >= 15 is 0 Å². The Morgan fingerprint density at radius 3 is 2.76 bits per heavy atom. The van der Waals surface area contributed by atoms with E-state index in [-0.39, 0.29) is 0 Å². The lowest BCUT2D eigenvalue weighted by molar-refractivity contribution is 0.854. The van der Waals surface area contributed by atoms with E-state index in [1.165, 1.54) is 25.2 Å². The number of hydrogen-bond donors (Lipinski definition) is 1. The highest BCUT2D eigenvalue weighted by Crippen LogP contribution is 2.22. The van der Waals surface area contributed by atoms with Crippen LogP contribution in [0.15, 0.2) is 12.7 Å². The van der Waals surface area contributed by atoms with E-state index in [9.17, 15) is 0 Å². The van der Waals surface area contributed by atoms with Gasteiger partial charge in [-0.2, -0.15) is 0 Å². The van der Waals surface area contributed by atoms with Gasteiger partial charge in [0.25, 0.3) is 0 Å². The summed E-state index contributed by atoms with van der Waals surface area (Å²) in [6.45, 7) is 6.89. The third kappa shape index (κ3) is 2.17. The molecule has 0 aliphatic rings. The maximum atomic E-state index is 5.80. The number of nitrogen functional groups attached to an aromatic ring is 1. The average Bonchev–Trinajstić information content (AvgIpc) is 2.72. The second-order valence-electron chi connectivity index (χ2n) is 4.96. The molecule has 6 heteroatoms. The molecule has 92 valence electrons. The van der Waals surface area contributed by atoms with E-state index in [1.807, 2.05) is 6.33 Å². The van der Waals surface area contributed by atoms with Crippen molar-refractivity contribution in [2.75, 3.05) is 5.73 Å². The first-order valence-corrected chi connectivity index (χ1v) is 9.15. The molecule has 0 unspecified atom stereocenters. The number of aromatic nitrogens is 4. The first kappa shape index (κ1) is 12.0. The van der Waals surface area contributed by atoms with Crippen LogP contribution >= 0.6 is 0 Å². The Morgan fingerprint density at radius 1 is 1.29 bits per heavy atom. The normalized spacial score (nSPS) is 12.2. The second kappa shape index (κ2) is 4.44. The minimum Gasteiger partial charge on any atom is -0.382 e.